The highest BCUT2D eigenvalue weighted by Gasteiger charge is 2.48. The second kappa shape index (κ2) is 18.5. The van der Waals surface area contributed by atoms with Crippen molar-refractivity contribution in [3.63, 3.8) is 0 Å². The Kier molecular flexibility index (Phi) is 11.5. The van der Waals surface area contributed by atoms with E-state index in [0.717, 1.165) is 0 Å². The van der Waals surface area contributed by atoms with Gasteiger partial charge in [0.25, 0.3) is 6.71 Å². The average Bonchev–Trinajstić information content (AvgIpc) is 4.34. The second-order valence-electron chi connectivity index (χ2n) is 25.3. The first-order valence-electron chi connectivity index (χ1n) is 28.3. The molecule has 0 spiro atoms. The summed E-state index contributed by atoms with van der Waals surface area (Å²) in [5.74, 6) is 0. The van der Waals surface area contributed by atoms with E-state index in [1.807, 2.05) is 45.3 Å². The van der Waals surface area contributed by atoms with Crippen LogP contribution in [0.4, 0.5) is 32.8 Å². The molecule has 15 rings (SSSR count). The summed E-state index contributed by atoms with van der Waals surface area (Å²) in [5, 5.41) is 12.6. The number of hydrogen-bond acceptors (Lipinski definition) is 6. The van der Waals surface area contributed by atoms with E-state index in [2.05, 4.69) is 277 Å². The van der Waals surface area contributed by atoms with Crippen LogP contribution in [0.25, 0.3) is 84.9 Å². The van der Waals surface area contributed by atoms with Gasteiger partial charge < -0.3 is 9.80 Å². The Morgan fingerprint density at radius 1 is 0.309 bits per heavy atom. The molecule has 2 aliphatic rings. The highest BCUT2D eigenvalue weighted by molar-refractivity contribution is 7.29. The van der Waals surface area contributed by atoms with Gasteiger partial charge in [0.1, 0.15) is 0 Å². The highest BCUT2D eigenvalue weighted by atomic mass is 32.1. The molecule has 7 heteroatoms. The number of nitrogens with zero attached hydrogens (tertiary/aromatic N) is 2. The van der Waals surface area contributed by atoms with Crippen LogP contribution in [0.15, 0.2) is 205 Å². The van der Waals surface area contributed by atoms with Gasteiger partial charge in [0.2, 0.25) is 0 Å². The summed E-state index contributed by atoms with van der Waals surface area (Å²) in [6.45, 7) is 21.3. The summed E-state index contributed by atoms with van der Waals surface area (Å²) < 4.78 is 5.24. The number of fused-ring (bicyclic) bond motifs is 10. The minimum absolute atomic E-state index is 0.0509. The lowest BCUT2D eigenvalue weighted by molar-refractivity contribution is 0.590. The molecule has 0 unspecified atom stereocenters. The van der Waals surface area contributed by atoms with Crippen LogP contribution in [0.5, 0.6) is 0 Å². The van der Waals surface area contributed by atoms with E-state index in [9.17, 15) is 0 Å². The molecule has 9 aromatic carbocycles. The maximum atomic E-state index is 2.71. The normalized spacial score (nSPS) is 13.4. The standard InChI is InChI=1S/C74H61BN2S4/c1-72(2,3)48-30-34-65-55(38-48)67-70(80-65)76(59-32-28-46(36-53(59)44-20-12-10-13-21-44)57-42-78-63-26-18-16-24-51(57)63)61-40-50(74(7,8)9)41-62-69(61)75(67)68-56-39-49(73(4,5)6)31-35-66(56)81-71(68)77(62)60-33-29-47(37-54(60)45-22-14-11-15-23-45)58-43-79-64-27-19-17-25-52(58)64/h10-43H,1-9H3. The fourth-order valence-corrected chi connectivity index (χ4v) is 17.2. The van der Waals surface area contributed by atoms with Crippen LogP contribution in [0, 0.1) is 0 Å². The topological polar surface area (TPSA) is 6.48 Å². The van der Waals surface area contributed by atoms with Crippen LogP contribution < -0.4 is 26.2 Å². The van der Waals surface area contributed by atoms with Crippen molar-refractivity contribution in [3.05, 3.63) is 222 Å². The lowest BCUT2D eigenvalue weighted by atomic mass is 9.33. The Morgan fingerprint density at radius 2 is 0.716 bits per heavy atom. The largest absolute Gasteiger partial charge is 0.302 e. The molecule has 0 aliphatic carbocycles. The molecule has 13 aromatic rings. The SMILES string of the molecule is CC(C)(C)c1cc2c3c(c1)N(c1ccc(-c4csc5ccccc45)cc1-c1ccccc1)c1sc4ccc(C(C)(C)C)cc4c1B3c1c(sc3ccc(C(C)(C)C)cc13)N2c1ccc(-c2csc3ccccc23)cc1-c1ccccc1. The number of anilines is 6. The van der Waals surface area contributed by atoms with Gasteiger partial charge in [0, 0.05) is 63.2 Å². The molecule has 394 valence electrons. The van der Waals surface area contributed by atoms with Crippen molar-refractivity contribution in [2.45, 2.75) is 78.6 Å². The first kappa shape index (κ1) is 50.4. The summed E-state index contributed by atoms with van der Waals surface area (Å²) in [7, 11) is 0. The Balaban J connectivity index is 1.09. The molecule has 4 aromatic heterocycles. The Bertz CT molecular complexity index is 4380. The van der Waals surface area contributed by atoms with Gasteiger partial charge in [-0.2, -0.15) is 0 Å². The maximum absolute atomic E-state index is 2.71. The van der Waals surface area contributed by atoms with Crippen molar-refractivity contribution in [1.29, 1.82) is 0 Å². The first-order chi connectivity index (χ1) is 39.1. The van der Waals surface area contributed by atoms with Gasteiger partial charge in [-0.15, -0.1) is 45.3 Å². The van der Waals surface area contributed by atoms with Gasteiger partial charge in [-0.1, -0.05) is 196 Å². The van der Waals surface area contributed by atoms with Crippen molar-refractivity contribution in [3.8, 4) is 44.5 Å². The summed E-state index contributed by atoms with van der Waals surface area (Å²) in [4.78, 5) is 5.42. The van der Waals surface area contributed by atoms with Gasteiger partial charge >= 0.3 is 0 Å². The van der Waals surface area contributed by atoms with Gasteiger partial charge in [-0.3, -0.25) is 0 Å². The molecule has 2 nitrogen and oxygen atoms in total. The minimum Gasteiger partial charge on any atom is -0.302 e. The van der Waals surface area contributed by atoms with E-state index in [0.29, 0.717) is 0 Å². The minimum atomic E-state index is -0.194. The van der Waals surface area contributed by atoms with E-state index in [-0.39, 0.29) is 23.0 Å². The Labute approximate surface area is 492 Å². The van der Waals surface area contributed by atoms with Crippen molar-refractivity contribution in [1.82, 2.24) is 0 Å². The molecule has 0 saturated heterocycles. The van der Waals surface area contributed by atoms with Gasteiger partial charge in [0.05, 0.1) is 21.4 Å². The lowest BCUT2D eigenvalue weighted by Crippen LogP contribution is -2.60. The van der Waals surface area contributed by atoms with Crippen molar-refractivity contribution < 1.29 is 0 Å². The third-order valence-electron chi connectivity index (χ3n) is 17.1. The maximum Gasteiger partial charge on any atom is 0.256 e. The molecule has 0 N–H and O–H groups in total. The molecule has 6 heterocycles. The number of rotatable bonds is 6. The smallest absolute Gasteiger partial charge is 0.256 e. The molecule has 0 fully saturated rings. The fourth-order valence-electron chi connectivity index (χ4n) is 12.8. The van der Waals surface area contributed by atoms with E-state index in [1.54, 1.807) is 0 Å². The number of thiophene rings is 4. The van der Waals surface area contributed by atoms with Crippen molar-refractivity contribution >= 4 is 142 Å². The summed E-state index contributed by atoms with van der Waals surface area (Å²) >= 11 is 7.58. The van der Waals surface area contributed by atoms with Crippen LogP contribution in [0.3, 0.4) is 0 Å². The second-order valence-corrected chi connectivity index (χ2v) is 29.2. The quantitative estimate of drug-likeness (QED) is 0.153. The Hall–Kier alpha value is -7.52. The third kappa shape index (κ3) is 8.13. The zero-order valence-corrected chi connectivity index (χ0v) is 50.5. The van der Waals surface area contributed by atoms with Crippen LogP contribution in [0.2, 0.25) is 0 Å². The molecular weight excluding hydrogens is 1060 g/mol. The first-order valence-corrected chi connectivity index (χ1v) is 31.7. The summed E-state index contributed by atoms with van der Waals surface area (Å²) in [6.07, 6.45) is 0. The molecule has 0 radical (unpaired) electrons. The van der Waals surface area contributed by atoms with E-state index in [1.165, 1.54) is 151 Å². The van der Waals surface area contributed by atoms with Crippen LogP contribution in [-0.2, 0) is 16.2 Å². The summed E-state index contributed by atoms with van der Waals surface area (Å²) in [5.41, 5.74) is 22.5. The molecule has 0 saturated carbocycles. The molecular formula is C74H61BN2S4. The number of benzene rings is 9. The van der Waals surface area contributed by atoms with E-state index in [4.69, 9.17) is 0 Å². The van der Waals surface area contributed by atoms with Crippen molar-refractivity contribution in [2.75, 3.05) is 9.80 Å². The van der Waals surface area contributed by atoms with Crippen LogP contribution >= 0.6 is 45.3 Å². The molecule has 0 atom stereocenters. The number of hydrogen-bond donors (Lipinski definition) is 0. The molecule has 2 aliphatic heterocycles. The van der Waals surface area contributed by atoms with Crippen LogP contribution in [0.1, 0.15) is 79.0 Å². The zero-order valence-electron chi connectivity index (χ0n) is 47.2. The van der Waals surface area contributed by atoms with Gasteiger partial charge in [-0.05, 0) is 154 Å². The Morgan fingerprint density at radius 3 is 1.14 bits per heavy atom. The third-order valence-corrected chi connectivity index (χ3v) is 21.4. The zero-order chi connectivity index (χ0) is 55.3. The molecule has 81 heavy (non-hydrogen) atoms. The summed E-state index contributed by atoms with van der Waals surface area (Å²) in [6, 6.07) is 74.5. The van der Waals surface area contributed by atoms with Gasteiger partial charge in [-0.25, -0.2) is 0 Å². The van der Waals surface area contributed by atoms with Crippen LogP contribution in [-0.4, -0.2) is 6.71 Å². The van der Waals surface area contributed by atoms with E-state index < -0.39 is 0 Å². The molecule has 0 bridgehead atoms. The molecule has 0 amide bonds. The lowest BCUT2D eigenvalue weighted by Gasteiger charge is -2.44. The monoisotopic (exact) mass is 1120 g/mol. The predicted molar refractivity (Wildman–Crippen MR) is 360 cm³/mol. The van der Waals surface area contributed by atoms with E-state index >= 15 is 0 Å². The van der Waals surface area contributed by atoms with Gasteiger partial charge in [0.15, 0.2) is 0 Å². The fraction of sp³-hybridized carbons (Fsp3) is 0.162. The average molecular weight is 1120 g/mol. The highest BCUT2D eigenvalue weighted by Crippen LogP contribution is 2.55. The van der Waals surface area contributed by atoms with Crippen molar-refractivity contribution in [2.24, 2.45) is 0 Å². The predicted octanol–water partition coefficient (Wildman–Crippen LogP) is 21.2.